The normalized spacial score (nSPS) is 17.8. The first-order chi connectivity index (χ1) is 9.77. The van der Waals surface area contributed by atoms with Gasteiger partial charge in [0.1, 0.15) is 0 Å². The van der Waals surface area contributed by atoms with E-state index >= 15 is 0 Å². The molecule has 1 aliphatic heterocycles. The standard InChI is InChI=1S/C8H11NO.C6H13NO.C2H6/c1-2-10-7-8-5-3-4-6-9-8;1-7-4-2-3-6(7)5-8;1-2/h3-6H,2,7H2,1H3;6,8H,2-5H2,1H3;1-2H3/t;6-;/m.0./s1. The lowest BCUT2D eigenvalue weighted by Gasteiger charge is -2.15. The first kappa shape index (κ1) is 19.0. The van der Waals surface area contributed by atoms with E-state index in [4.69, 9.17) is 9.84 Å². The van der Waals surface area contributed by atoms with Gasteiger partial charge in [0.25, 0.3) is 0 Å². The second-order valence-electron chi connectivity index (χ2n) is 4.42. The molecule has 1 fully saturated rings. The minimum absolute atomic E-state index is 0.330. The molecule has 0 amide bonds. The monoisotopic (exact) mass is 282 g/mol. The number of hydrogen-bond donors (Lipinski definition) is 1. The highest BCUT2D eigenvalue weighted by Gasteiger charge is 2.18. The van der Waals surface area contributed by atoms with Crippen LogP contribution in [0.1, 0.15) is 39.3 Å². The number of rotatable bonds is 4. The van der Waals surface area contributed by atoms with E-state index in [1.54, 1.807) is 6.20 Å². The molecule has 20 heavy (non-hydrogen) atoms. The average molecular weight is 282 g/mol. The van der Waals surface area contributed by atoms with Crippen molar-refractivity contribution in [1.29, 1.82) is 0 Å². The fourth-order valence-electron chi connectivity index (χ4n) is 1.90. The third-order valence-electron chi connectivity index (χ3n) is 3.06. The molecule has 2 rings (SSSR count). The molecule has 1 aliphatic rings. The lowest BCUT2D eigenvalue weighted by atomic mass is 10.2. The Bertz CT molecular complexity index is 307. The lowest BCUT2D eigenvalue weighted by molar-refractivity contribution is 0.131. The zero-order chi connectivity index (χ0) is 15.2. The maximum atomic E-state index is 8.69. The molecule has 0 aliphatic carbocycles. The molecule has 0 spiro atoms. The first-order valence-electron chi connectivity index (χ1n) is 7.56. The van der Waals surface area contributed by atoms with Crippen LogP contribution in [0.25, 0.3) is 0 Å². The molecule has 1 N–H and O–H groups in total. The van der Waals surface area contributed by atoms with Crippen LogP contribution in [-0.2, 0) is 11.3 Å². The molecule has 4 heteroatoms. The maximum absolute atomic E-state index is 8.69. The van der Waals surface area contributed by atoms with Gasteiger partial charge >= 0.3 is 0 Å². The second-order valence-corrected chi connectivity index (χ2v) is 4.42. The third-order valence-corrected chi connectivity index (χ3v) is 3.06. The van der Waals surface area contributed by atoms with Gasteiger partial charge in [-0.1, -0.05) is 19.9 Å². The van der Waals surface area contributed by atoms with E-state index in [0.717, 1.165) is 18.8 Å². The minimum atomic E-state index is 0.330. The lowest BCUT2D eigenvalue weighted by Crippen LogP contribution is -2.27. The highest BCUT2D eigenvalue weighted by Crippen LogP contribution is 2.12. The van der Waals surface area contributed by atoms with Gasteiger partial charge in [-0.25, -0.2) is 0 Å². The molecule has 2 heterocycles. The van der Waals surface area contributed by atoms with Crippen molar-refractivity contribution >= 4 is 0 Å². The fraction of sp³-hybridized carbons (Fsp3) is 0.688. The third kappa shape index (κ3) is 8.25. The summed E-state index contributed by atoms with van der Waals surface area (Å²) in [5.74, 6) is 0. The van der Waals surface area contributed by atoms with Crippen LogP contribution >= 0.6 is 0 Å². The molecule has 0 aromatic carbocycles. The highest BCUT2D eigenvalue weighted by molar-refractivity contribution is 5.01. The van der Waals surface area contributed by atoms with E-state index < -0.39 is 0 Å². The smallest absolute Gasteiger partial charge is 0.0887 e. The van der Waals surface area contributed by atoms with Gasteiger partial charge < -0.3 is 14.7 Å². The fourth-order valence-corrected chi connectivity index (χ4v) is 1.90. The Balaban J connectivity index is 0.000000327. The van der Waals surface area contributed by atoms with Crippen LogP contribution in [0.15, 0.2) is 24.4 Å². The molecule has 1 aromatic heterocycles. The van der Waals surface area contributed by atoms with Crippen LogP contribution in [0.4, 0.5) is 0 Å². The molecule has 0 saturated carbocycles. The number of nitrogens with zero attached hydrogens (tertiary/aromatic N) is 2. The summed E-state index contributed by atoms with van der Waals surface area (Å²) in [5, 5.41) is 8.69. The van der Waals surface area contributed by atoms with Gasteiger partial charge in [0.2, 0.25) is 0 Å². The Morgan fingerprint density at radius 1 is 1.40 bits per heavy atom. The Morgan fingerprint density at radius 2 is 2.15 bits per heavy atom. The zero-order valence-corrected chi connectivity index (χ0v) is 13.4. The van der Waals surface area contributed by atoms with E-state index in [-0.39, 0.29) is 0 Å². The van der Waals surface area contributed by atoms with E-state index in [0.29, 0.717) is 19.3 Å². The first-order valence-corrected chi connectivity index (χ1v) is 7.56. The van der Waals surface area contributed by atoms with Crippen molar-refractivity contribution in [3.05, 3.63) is 30.1 Å². The average Bonchev–Trinajstić information content (AvgIpc) is 2.94. The molecule has 1 aromatic rings. The van der Waals surface area contributed by atoms with Crippen molar-refractivity contribution < 1.29 is 9.84 Å². The van der Waals surface area contributed by atoms with Crippen molar-refractivity contribution in [2.24, 2.45) is 0 Å². The summed E-state index contributed by atoms with van der Waals surface area (Å²) < 4.78 is 5.16. The number of aromatic nitrogens is 1. The van der Waals surface area contributed by atoms with Crippen molar-refractivity contribution in [2.45, 2.75) is 46.3 Å². The number of likely N-dealkylation sites (N-methyl/N-ethyl adjacent to an activating group) is 1. The highest BCUT2D eigenvalue weighted by atomic mass is 16.5. The predicted molar refractivity (Wildman–Crippen MR) is 83.7 cm³/mol. The summed E-state index contributed by atoms with van der Waals surface area (Å²) in [7, 11) is 2.06. The van der Waals surface area contributed by atoms with E-state index in [2.05, 4.69) is 16.9 Å². The van der Waals surface area contributed by atoms with Crippen molar-refractivity contribution in [3.63, 3.8) is 0 Å². The Morgan fingerprint density at radius 3 is 2.55 bits per heavy atom. The Hall–Kier alpha value is -0.970. The topological polar surface area (TPSA) is 45.6 Å². The van der Waals surface area contributed by atoms with Crippen LogP contribution in [0.3, 0.4) is 0 Å². The Labute approximate surface area is 123 Å². The molecule has 0 radical (unpaired) electrons. The molecule has 0 unspecified atom stereocenters. The van der Waals surface area contributed by atoms with Crippen LogP contribution in [0.5, 0.6) is 0 Å². The number of hydrogen-bond acceptors (Lipinski definition) is 4. The number of aliphatic hydroxyl groups is 1. The summed E-state index contributed by atoms with van der Waals surface area (Å²) in [6.45, 7) is 8.83. The molecule has 4 nitrogen and oxygen atoms in total. The number of pyridine rings is 1. The van der Waals surface area contributed by atoms with Gasteiger partial charge in [0.15, 0.2) is 0 Å². The predicted octanol–water partition coefficient (Wildman–Crippen LogP) is 2.72. The van der Waals surface area contributed by atoms with Crippen molar-refractivity contribution in [1.82, 2.24) is 9.88 Å². The summed E-state index contributed by atoms with van der Waals surface area (Å²) >= 11 is 0. The maximum Gasteiger partial charge on any atom is 0.0887 e. The van der Waals surface area contributed by atoms with Crippen LogP contribution in [-0.4, -0.2) is 47.8 Å². The number of aliphatic hydroxyl groups excluding tert-OH is 1. The minimum Gasteiger partial charge on any atom is -0.395 e. The van der Waals surface area contributed by atoms with Gasteiger partial charge in [0, 0.05) is 18.8 Å². The summed E-state index contributed by atoms with van der Waals surface area (Å²) in [5.41, 5.74) is 0.990. The molecular weight excluding hydrogens is 252 g/mol. The van der Waals surface area contributed by atoms with Gasteiger partial charge in [-0.15, -0.1) is 0 Å². The molecule has 0 bridgehead atoms. The largest absolute Gasteiger partial charge is 0.395 e. The van der Waals surface area contributed by atoms with E-state index in [9.17, 15) is 0 Å². The summed E-state index contributed by atoms with van der Waals surface area (Å²) in [6.07, 6.45) is 4.20. The van der Waals surface area contributed by atoms with Crippen molar-refractivity contribution in [2.75, 3.05) is 26.8 Å². The van der Waals surface area contributed by atoms with Crippen LogP contribution < -0.4 is 0 Å². The molecule has 1 atom stereocenters. The molecule has 1 saturated heterocycles. The van der Waals surface area contributed by atoms with E-state index in [1.807, 2.05) is 39.0 Å². The van der Waals surface area contributed by atoms with Crippen LogP contribution in [0, 0.1) is 0 Å². The Kier molecular flexibility index (Phi) is 12.4. The SMILES string of the molecule is CC.CCOCc1ccccn1.CN1CCC[C@H]1CO. The quantitative estimate of drug-likeness (QED) is 0.922. The number of likely N-dealkylation sites (tertiary alicyclic amines) is 1. The summed E-state index contributed by atoms with van der Waals surface area (Å²) in [4.78, 5) is 6.30. The van der Waals surface area contributed by atoms with Gasteiger partial charge in [0.05, 0.1) is 18.9 Å². The molecule has 116 valence electrons. The van der Waals surface area contributed by atoms with Gasteiger partial charge in [-0.2, -0.15) is 0 Å². The zero-order valence-electron chi connectivity index (χ0n) is 13.4. The number of ether oxygens (including phenoxy) is 1. The van der Waals surface area contributed by atoms with Gasteiger partial charge in [-0.05, 0) is 45.5 Å². The van der Waals surface area contributed by atoms with Gasteiger partial charge in [-0.3, -0.25) is 4.98 Å². The van der Waals surface area contributed by atoms with E-state index in [1.165, 1.54) is 12.8 Å². The van der Waals surface area contributed by atoms with Crippen LogP contribution in [0.2, 0.25) is 0 Å². The summed E-state index contributed by atoms with van der Waals surface area (Å²) in [6, 6.07) is 6.27. The second kappa shape index (κ2) is 13.0. The van der Waals surface area contributed by atoms with Crippen molar-refractivity contribution in [3.8, 4) is 0 Å². The molecular formula is C16H30N2O2.